The molecule has 0 aliphatic carbocycles. The van der Waals surface area contributed by atoms with Gasteiger partial charge in [-0.15, -0.1) is 0 Å². The Morgan fingerprint density at radius 1 is 1.32 bits per heavy atom. The number of hydrogen-bond acceptors (Lipinski definition) is 4. The maximum Gasteiger partial charge on any atom is 0.411 e. The second-order valence-corrected chi connectivity index (χ2v) is 5.96. The highest BCUT2D eigenvalue weighted by atomic mass is 32.2. The molecule has 1 aliphatic rings. The summed E-state index contributed by atoms with van der Waals surface area (Å²) in [6.45, 7) is 2.06. The minimum absolute atomic E-state index is 0.0744. The van der Waals surface area contributed by atoms with E-state index in [4.69, 9.17) is 10.1 Å². The largest absolute Gasteiger partial charge is 0.411 e. The van der Waals surface area contributed by atoms with Gasteiger partial charge in [0.2, 0.25) is 5.91 Å². The number of rotatable bonds is 4. The number of alkyl halides is 3. The van der Waals surface area contributed by atoms with Crippen LogP contribution in [0, 0.1) is 19.3 Å². The molecule has 1 heterocycles. The van der Waals surface area contributed by atoms with Gasteiger partial charge in [0.1, 0.15) is 6.61 Å². The molecule has 0 saturated carbocycles. The molecule has 1 aromatic rings. The van der Waals surface area contributed by atoms with Crippen LogP contribution in [0.1, 0.15) is 16.7 Å². The highest BCUT2D eigenvalue weighted by Gasteiger charge is 2.31. The van der Waals surface area contributed by atoms with Crippen LogP contribution in [0.3, 0.4) is 0 Å². The van der Waals surface area contributed by atoms with Crippen molar-refractivity contribution in [3.63, 3.8) is 0 Å². The number of amides is 1. The normalized spacial score (nSPS) is 15.8. The van der Waals surface area contributed by atoms with E-state index in [1.807, 2.05) is 13.8 Å². The quantitative estimate of drug-likeness (QED) is 0.919. The second kappa shape index (κ2) is 6.29. The first-order valence-electron chi connectivity index (χ1n) is 6.48. The van der Waals surface area contributed by atoms with Crippen LogP contribution in [0.25, 0.3) is 0 Å². The monoisotopic (exact) mass is 332 g/mol. The fourth-order valence-electron chi connectivity index (χ4n) is 2.08. The number of halogens is 3. The summed E-state index contributed by atoms with van der Waals surface area (Å²) < 4.78 is 41.3. The average molecular weight is 332 g/mol. The minimum Gasteiger partial charge on any atom is -0.367 e. The Hall–Kier alpha value is -1.54. The zero-order valence-electron chi connectivity index (χ0n) is 12.1. The third-order valence-electron chi connectivity index (χ3n) is 3.24. The van der Waals surface area contributed by atoms with Gasteiger partial charge in [0, 0.05) is 5.56 Å². The molecule has 0 spiro atoms. The molecule has 1 N–H and O–H groups in total. The molecule has 1 amide bonds. The second-order valence-electron chi connectivity index (χ2n) is 5.00. The number of aryl methyl sites for hydroxylation is 2. The standard InChI is InChI=1S/C14H15F3N2O2S/c1-8-3-10(5-21-7-14(15,16)17)11(4-9(8)2)19-12(20)6-22-13(19)18/h3-4,18H,5-7H2,1-2H3. The van der Waals surface area contributed by atoms with Gasteiger partial charge in [-0.05, 0) is 31.0 Å². The Morgan fingerprint density at radius 3 is 2.50 bits per heavy atom. The summed E-state index contributed by atoms with van der Waals surface area (Å²) in [7, 11) is 0. The van der Waals surface area contributed by atoms with Gasteiger partial charge in [-0.2, -0.15) is 13.2 Å². The smallest absolute Gasteiger partial charge is 0.367 e. The first kappa shape index (κ1) is 16.8. The first-order valence-corrected chi connectivity index (χ1v) is 7.46. The minimum atomic E-state index is -4.40. The van der Waals surface area contributed by atoms with E-state index in [1.165, 1.54) is 4.90 Å². The zero-order valence-corrected chi connectivity index (χ0v) is 12.9. The molecule has 22 heavy (non-hydrogen) atoms. The van der Waals surface area contributed by atoms with Crippen molar-refractivity contribution in [2.24, 2.45) is 0 Å². The number of hydrogen-bond donors (Lipinski definition) is 1. The molecule has 1 aromatic carbocycles. The van der Waals surface area contributed by atoms with E-state index in [1.54, 1.807) is 12.1 Å². The van der Waals surface area contributed by atoms with Crippen molar-refractivity contribution in [1.29, 1.82) is 5.41 Å². The Balaban J connectivity index is 2.29. The van der Waals surface area contributed by atoms with Crippen molar-refractivity contribution in [3.8, 4) is 0 Å². The predicted octanol–water partition coefficient (Wildman–Crippen LogP) is 3.40. The van der Waals surface area contributed by atoms with Gasteiger partial charge >= 0.3 is 6.18 Å². The van der Waals surface area contributed by atoms with Crippen LogP contribution in [0.4, 0.5) is 18.9 Å². The number of nitrogens with zero attached hydrogens (tertiary/aromatic N) is 1. The van der Waals surface area contributed by atoms with E-state index in [9.17, 15) is 18.0 Å². The van der Waals surface area contributed by atoms with Crippen LogP contribution in [0.15, 0.2) is 12.1 Å². The van der Waals surface area contributed by atoms with Crippen molar-refractivity contribution < 1.29 is 22.7 Å². The van der Waals surface area contributed by atoms with Crippen LogP contribution >= 0.6 is 11.8 Å². The number of benzene rings is 1. The van der Waals surface area contributed by atoms with Gasteiger partial charge in [0.15, 0.2) is 5.17 Å². The van der Waals surface area contributed by atoms with Gasteiger partial charge in [-0.1, -0.05) is 17.8 Å². The first-order chi connectivity index (χ1) is 10.2. The summed E-state index contributed by atoms with van der Waals surface area (Å²) in [5.74, 6) is -0.0930. The number of amidine groups is 1. The van der Waals surface area contributed by atoms with E-state index in [-0.39, 0.29) is 23.4 Å². The highest BCUT2D eigenvalue weighted by molar-refractivity contribution is 8.15. The average Bonchev–Trinajstić information content (AvgIpc) is 2.72. The third-order valence-corrected chi connectivity index (χ3v) is 4.09. The molecule has 2 rings (SSSR count). The maximum absolute atomic E-state index is 12.2. The lowest BCUT2D eigenvalue weighted by molar-refractivity contribution is -0.176. The van der Waals surface area contributed by atoms with Gasteiger partial charge in [-0.25, -0.2) is 0 Å². The van der Waals surface area contributed by atoms with Crippen LogP contribution in [-0.2, 0) is 16.1 Å². The van der Waals surface area contributed by atoms with Crippen molar-refractivity contribution in [1.82, 2.24) is 0 Å². The van der Waals surface area contributed by atoms with Crippen molar-refractivity contribution in [2.75, 3.05) is 17.3 Å². The van der Waals surface area contributed by atoms with E-state index >= 15 is 0 Å². The van der Waals surface area contributed by atoms with Gasteiger partial charge in [0.25, 0.3) is 0 Å². The molecular formula is C14H15F3N2O2S. The Morgan fingerprint density at radius 2 is 1.95 bits per heavy atom. The van der Waals surface area contributed by atoms with E-state index < -0.39 is 12.8 Å². The van der Waals surface area contributed by atoms with E-state index in [0.29, 0.717) is 11.3 Å². The summed E-state index contributed by atoms with van der Waals surface area (Å²) in [6, 6.07) is 3.41. The van der Waals surface area contributed by atoms with Gasteiger partial charge in [-0.3, -0.25) is 15.1 Å². The topological polar surface area (TPSA) is 53.4 Å². The zero-order chi connectivity index (χ0) is 16.5. The highest BCUT2D eigenvalue weighted by Crippen LogP contribution is 2.31. The van der Waals surface area contributed by atoms with Gasteiger partial charge < -0.3 is 4.74 Å². The van der Waals surface area contributed by atoms with E-state index in [2.05, 4.69) is 0 Å². The molecule has 0 bridgehead atoms. The molecule has 1 aliphatic heterocycles. The van der Waals surface area contributed by atoms with Crippen LogP contribution in [0.2, 0.25) is 0 Å². The Bertz CT molecular complexity index is 601. The molecule has 0 unspecified atom stereocenters. The fourth-order valence-corrected chi connectivity index (χ4v) is 2.80. The number of carbonyl (C=O) groups excluding carboxylic acids is 1. The predicted molar refractivity (Wildman–Crippen MR) is 79.3 cm³/mol. The number of anilines is 1. The molecular weight excluding hydrogens is 317 g/mol. The SMILES string of the molecule is Cc1cc(COCC(F)(F)F)c(N2C(=N)SCC2=O)cc1C. The van der Waals surface area contributed by atoms with Crippen LogP contribution < -0.4 is 4.90 Å². The molecule has 1 saturated heterocycles. The van der Waals surface area contributed by atoms with Crippen molar-refractivity contribution in [3.05, 3.63) is 28.8 Å². The van der Waals surface area contributed by atoms with Crippen LogP contribution in [-0.4, -0.2) is 29.6 Å². The summed E-state index contributed by atoms with van der Waals surface area (Å²) in [6.07, 6.45) is -4.40. The molecule has 1 fully saturated rings. The molecule has 8 heteroatoms. The lowest BCUT2D eigenvalue weighted by Crippen LogP contribution is -2.30. The van der Waals surface area contributed by atoms with Crippen molar-refractivity contribution >= 4 is 28.5 Å². The molecule has 0 atom stereocenters. The summed E-state index contributed by atoms with van der Waals surface area (Å²) in [4.78, 5) is 13.1. The maximum atomic E-state index is 12.2. The third kappa shape index (κ3) is 3.80. The fraction of sp³-hybridized carbons (Fsp3) is 0.429. The Labute approximate surface area is 130 Å². The van der Waals surface area contributed by atoms with Crippen molar-refractivity contribution in [2.45, 2.75) is 26.6 Å². The van der Waals surface area contributed by atoms with E-state index in [0.717, 1.165) is 22.9 Å². The number of nitrogens with one attached hydrogen (secondary N) is 1. The molecule has 0 aromatic heterocycles. The summed E-state index contributed by atoms with van der Waals surface area (Å²) >= 11 is 1.09. The number of thioether (sulfide) groups is 1. The molecule has 120 valence electrons. The number of ether oxygens (including phenoxy) is 1. The molecule has 4 nitrogen and oxygen atoms in total. The summed E-state index contributed by atoms with van der Waals surface area (Å²) in [5, 5.41) is 7.89. The van der Waals surface area contributed by atoms with Crippen LogP contribution in [0.5, 0.6) is 0 Å². The van der Waals surface area contributed by atoms with Gasteiger partial charge in [0.05, 0.1) is 18.0 Å². The lowest BCUT2D eigenvalue weighted by Gasteiger charge is -2.21. The Kier molecular flexibility index (Phi) is 4.81. The molecule has 0 radical (unpaired) electrons. The lowest BCUT2D eigenvalue weighted by atomic mass is 10.0. The number of carbonyl (C=O) groups is 1. The summed E-state index contributed by atoms with van der Waals surface area (Å²) in [5.41, 5.74) is 2.67.